The van der Waals surface area contributed by atoms with Crippen LogP contribution < -0.4 is 24.6 Å². The van der Waals surface area contributed by atoms with Crippen molar-refractivity contribution in [2.75, 3.05) is 81.8 Å². The van der Waals surface area contributed by atoms with Crippen molar-refractivity contribution in [3.05, 3.63) is 30.6 Å². The number of carbonyl (C=O) groups is 1. The van der Waals surface area contributed by atoms with E-state index in [0.717, 1.165) is 24.7 Å². The van der Waals surface area contributed by atoms with Crippen LogP contribution in [0.3, 0.4) is 0 Å². The monoisotopic (exact) mass is 428 g/mol. The molecule has 0 radical (unpaired) electrons. The van der Waals surface area contributed by atoms with E-state index in [9.17, 15) is 4.79 Å². The molecule has 3 heterocycles. The van der Waals surface area contributed by atoms with Crippen molar-refractivity contribution >= 4 is 23.4 Å². The van der Waals surface area contributed by atoms with Crippen LogP contribution >= 0.6 is 0 Å². The molecule has 4 rings (SSSR count). The number of rotatable bonds is 5. The van der Waals surface area contributed by atoms with E-state index in [1.807, 2.05) is 6.07 Å². The van der Waals surface area contributed by atoms with Crippen LogP contribution in [0.5, 0.6) is 11.5 Å². The Balaban J connectivity index is 1.35. The normalized spacial score (nSPS) is 16.8. The smallest absolute Gasteiger partial charge is 0.322 e. The predicted molar refractivity (Wildman–Crippen MR) is 117 cm³/mol. The van der Waals surface area contributed by atoms with Gasteiger partial charge in [0.15, 0.2) is 0 Å². The maximum Gasteiger partial charge on any atom is 0.322 e. The van der Waals surface area contributed by atoms with Gasteiger partial charge in [-0.25, -0.2) is 14.8 Å². The number of carbonyl (C=O) groups excluding carboxylic acids is 1. The van der Waals surface area contributed by atoms with Gasteiger partial charge >= 0.3 is 6.03 Å². The molecule has 0 atom stereocenters. The van der Waals surface area contributed by atoms with Crippen LogP contribution in [0.25, 0.3) is 0 Å². The van der Waals surface area contributed by atoms with Gasteiger partial charge in [-0.3, -0.25) is 0 Å². The average molecular weight is 428 g/mol. The number of morpholine rings is 1. The topological polar surface area (TPSA) is 92.3 Å². The zero-order chi connectivity index (χ0) is 21.6. The molecule has 2 fully saturated rings. The Bertz CT molecular complexity index is 897. The second kappa shape index (κ2) is 9.69. The SMILES string of the molecule is COc1ccc(NC(=O)N2CCN(c3cc(N4CCOCC4)ncn3)CC2)c(OC)c1. The number of nitrogens with zero attached hydrogens (tertiary/aromatic N) is 5. The third kappa shape index (κ3) is 4.91. The molecule has 1 N–H and O–H groups in total. The molecule has 166 valence electrons. The first-order valence-corrected chi connectivity index (χ1v) is 10.4. The summed E-state index contributed by atoms with van der Waals surface area (Å²) >= 11 is 0. The number of piperazine rings is 1. The van der Waals surface area contributed by atoms with Gasteiger partial charge in [0.25, 0.3) is 0 Å². The summed E-state index contributed by atoms with van der Waals surface area (Å²) in [5.74, 6) is 3.03. The van der Waals surface area contributed by atoms with Gasteiger partial charge in [-0.15, -0.1) is 0 Å². The van der Waals surface area contributed by atoms with Crippen LogP contribution in [0.1, 0.15) is 0 Å². The van der Waals surface area contributed by atoms with Crippen LogP contribution in [0.2, 0.25) is 0 Å². The maximum absolute atomic E-state index is 12.8. The third-order valence-electron chi connectivity index (χ3n) is 5.51. The fraction of sp³-hybridized carbons (Fsp3) is 0.476. The number of amides is 2. The van der Waals surface area contributed by atoms with Crippen LogP contribution in [0, 0.1) is 0 Å². The number of methoxy groups -OCH3 is 2. The molecular weight excluding hydrogens is 400 g/mol. The molecule has 1 aromatic carbocycles. The highest BCUT2D eigenvalue weighted by molar-refractivity contribution is 5.91. The minimum Gasteiger partial charge on any atom is -0.497 e. The van der Waals surface area contributed by atoms with E-state index < -0.39 is 0 Å². The van der Waals surface area contributed by atoms with E-state index in [-0.39, 0.29) is 6.03 Å². The first-order chi connectivity index (χ1) is 15.2. The molecular formula is C21H28N6O4. The number of hydrogen-bond donors (Lipinski definition) is 1. The van der Waals surface area contributed by atoms with Gasteiger partial charge in [0.05, 0.1) is 33.1 Å². The number of aromatic nitrogens is 2. The molecule has 0 unspecified atom stereocenters. The fourth-order valence-corrected chi connectivity index (χ4v) is 3.71. The highest BCUT2D eigenvalue weighted by atomic mass is 16.5. The van der Waals surface area contributed by atoms with E-state index in [1.54, 1.807) is 43.6 Å². The van der Waals surface area contributed by atoms with Crippen LogP contribution in [0.4, 0.5) is 22.1 Å². The minimum absolute atomic E-state index is 0.153. The van der Waals surface area contributed by atoms with E-state index in [1.165, 1.54) is 0 Å². The quantitative estimate of drug-likeness (QED) is 0.769. The van der Waals surface area contributed by atoms with Crippen molar-refractivity contribution in [1.29, 1.82) is 0 Å². The Hall–Kier alpha value is -3.27. The number of nitrogens with one attached hydrogen (secondary N) is 1. The highest BCUT2D eigenvalue weighted by Crippen LogP contribution is 2.29. The summed E-state index contributed by atoms with van der Waals surface area (Å²) in [6, 6.07) is 7.18. The van der Waals surface area contributed by atoms with Gasteiger partial charge in [-0.1, -0.05) is 0 Å². The number of benzene rings is 1. The second-order valence-corrected chi connectivity index (χ2v) is 7.30. The fourth-order valence-electron chi connectivity index (χ4n) is 3.71. The van der Waals surface area contributed by atoms with Crippen molar-refractivity contribution in [1.82, 2.24) is 14.9 Å². The molecule has 2 aliphatic rings. The molecule has 0 bridgehead atoms. The Morgan fingerprint density at radius 3 is 2.26 bits per heavy atom. The average Bonchev–Trinajstić information content (AvgIpc) is 2.85. The Morgan fingerprint density at radius 2 is 1.61 bits per heavy atom. The molecule has 1 aromatic heterocycles. The van der Waals surface area contributed by atoms with Gasteiger partial charge in [0.1, 0.15) is 29.5 Å². The van der Waals surface area contributed by atoms with Crippen LogP contribution in [0.15, 0.2) is 30.6 Å². The molecule has 0 spiro atoms. The third-order valence-corrected chi connectivity index (χ3v) is 5.51. The molecule has 2 amide bonds. The van der Waals surface area contributed by atoms with Gasteiger partial charge in [0, 0.05) is 51.4 Å². The Morgan fingerprint density at radius 1 is 0.935 bits per heavy atom. The van der Waals surface area contributed by atoms with Crippen molar-refractivity contribution in [2.24, 2.45) is 0 Å². The zero-order valence-electron chi connectivity index (χ0n) is 17.9. The van der Waals surface area contributed by atoms with E-state index in [4.69, 9.17) is 14.2 Å². The predicted octanol–water partition coefficient (Wildman–Crippen LogP) is 1.68. The summed E-state index contributed by atoms with van der Waals surface area (Å²) in [5, 5.41) is 2.93. The summed E-state index contributed by atoms with van der Waals surface area (Å²) in [6.45, 7) is 5.69. The lowest BCUT2D eigenvalue weighted by molar-refractivity contribution is 0.122. The largest absolute Gasteiger partial charge is 0.497 e. The first kappa shape index (κ1) is 21.0. The standard InChI is InChI=1S/C21H28N6O4/c1-29-16-3-4-17(18(13-16)30-2)24-21(28)27-7-5-25(6-8-27)19-14-20(23-15-22-19)26-9-11-31-12-10-26/h3-4,13-15H,5-12H2,1-2H3,(H,24,28). The lowest BCUT2D eigenvalue weighted by Crippen LogP contribution is -2.50. The molecule has 31 heavy (non-hydrogen) atoms. The first-order valence-electron chi connectivity index (χ1n) is 10.4. The van der Waals surface area contributed by atoms with Gasteiger partial charge in [-0.05, 0) is 12.1 Å². The number of ether oxygens (including phenoxy) is 3. The van der Waals surface area contributed by atoms with E-state index in [2.05, 4.69) is 25.1 Å². The lowest BCUT2D eigenvalue weighted by Gasteiger charge is -2.36. The summed E-state index contributed by atoms with van der Waals surface area (Å²) in [7, 11) is 3.16. The molecule has 0 saturated carbocycles. The van der Waals surface area contributed by atoms with Crippen molar-refractivity contribution < 1.29 is 19.0 Å². The van der Waals surface area contributed by atoms with Crippen LogP contribution in [-0.2, 0) is 4.74 Å². The molecule has 2 aromatic rings. The Labute approximate surface area is 181 Å². The van der Waals surface area contributed by atoms with E-state index in [0.29, 0.717) is 56.6 Å². The van der Waals surface area contributed by atoms with Crippen molar-refractivity contribution in [3.8, 4) is 11.5 Å². The number of anilines is 3. The summed E-state index contributed by atoms with van der Waals surface area (Å²) in [4.78, 5) is 27.8. The number of urea groups is 1. The molecule has 0 aliphatic carbocycles. The van der Waals surface area contributed by atoms with E-state index >= 15 is 0 Å². The minimum atomic E-state index is -0.153. The van der Waals surface area contributed by atoms with Gasteiger partial charge in [0.2, 0.25) is 0 Å². The summed E-state index contributed by atoms with van der Waals surface area (Å²) in [6.07, 6.45) is 1.61. The molecule has 10 heteroatoms. The summed E-state index contributed by atoms with van der Waals surface area (Å²) < 4.78 is 16.0. The molecule has 2 saturated heterocycles. The second-order valence-electron chi connectivity index (χ2n) is 7.30. The maximum atomic E-state index is 12.8. The zero-order valence-corrected chi connectivity index (χ0v) is 17.9. The molecule has 10 nitrogen and oxygen atoms in total. The van der Waals surface area contributed by atoms with Crippen LogP contribution in [-0.4, -0.2) is 87.6 Å². The Kier molecular flexibility index (Phi) is 6.56. The molecule has 2 aliphatic heterocycles. The van der Waals surface area contributed by atoms with Crippen molar-refractivity contribution in [3.63, 3.8) is 0 Å². The van der Waals surface area contributed by atoms with Gasteiger partial charge < -0.3 is 34.2 Å². The lowest BCUT2D eigenvalue weighted by atomic mass is 10.2. The number of hydrogen-bond acceptors (Lipinski definition) is 8. The highest BCUT2D eigenvalue weighted by Gasteiger charge is 2.24. The van der Waals surface area contributed by atoms with Crippen molar-refractivity contribution in [2.45, 2.75) is 0 Å². The summed E-state index contributed by atoms with van der Waals surface area (Å²) in [5.41, 5.74) is 0.613. The van der Waals surface area contributed by atoms with Gasteiger partial charge in [-0.2, -0.15) is 0 Å².